The van der Waals surface area contributed by atoms with Crippen molar-refractivity contribution in [3.8, 4) is 11.3 Å². The Labute approximate surface area is 152 Å². The van der Waals surface area contributed by atoms with E-state index in [1.807, 2.05) is 30.3 Å². The van der Waals surface area contributed by atoms with E-state index >= 15 is 0 Å². The molecule has 0 aliphatic carbocycles. The lowest BCUT2D eigenvalue weighted by atomic mass is 10.1. The van der Waals surface area contributed by atoms with Gasteiger partial charge in [0.2, 0.25) is 0 Å². The topological polar surface area (TPSA) is 34.9 Å². The lowest BCUT2D eigenvalue weighted by molar-refractivity contribution is 0.508. The van der Waals surface area contributed by atoms with Gasteiger partial charge in [0.05, 0.1) is 11.7 Å². The third-order valence-electron chi connectivity index (χ3n) is 3.90. The Bertz CT molecular complexity index is 990. The number of benzene rings is 2. The van der Waals surface area contributed by atoms with Crippen molar-refractivity contribution in [1.82, 2.24) is 9.55 Å². The largest absolute Gasteiger partial charge is 0.295 e. The molecule has 25 heavy (non-hydrogen) atoms. The van der Waals surface area contributed by atoms with E-state index in [1.54, 1.807) is 6.92 Å². The second-order valence-corrected chi connectivity index (χ2v) is 6.12. The highest BCUT2D eigenvalue weighted by molar-refractivity contribution is 6.33. The Kier molecular flexibility index (Phi) is 4.88. The summed E-state index contributed by atoms with van der Waals surface area (Å²) >= 11 is 12.0. The molecule has 0 bridgehead atoms. The highest BCUT2D eigenvalue weighted by Crippen LogP contribution is 2.32. The fourth-order valence-corrected chi connectivity index (χ4v) is 3.16. The zero-order valence-electron chi connectivity index (χ0n) is 13.0. The molecule has 1 heterocycles. The summed E-state index contributed by atoms with van der Waals surface area (Å²) in [4.78, 5) is 16.4. The van der Waals surface area contributed by atoms with Crippen LogP contribution in [-0.4, -0.2) is 9.55 Å². The molecule has 3 nitrogen and oxygen atoms in total. The zero-order chi connectivity index (χ0) is 18.1. The van der Waals surface area contributed by atoms with Gasteiger partial charge >= 0.3 is 0 Å². The fourth-order valence-electron chi connectivity index (χ4n) is 2.67. The van der Waals surface area contributed by atoms with Crippen LogP contribution in [0.15, 0.2) is 53.3 Å². The summed E-state index contributed by atoms with van der Waals surface area (Å²) in [5.41, 5.74) is -0.0412. The highest BCUT2D eigenvalue weighted by atomic mass is 35.5. The maximum atomic E-state index is 14.3. The molecule has 128 valence electrons. The summed E-state index contributed by atoms with van der Waals surface area (Å²) in [5.74, 6) is -2.16. The Balaban J connectivity index is 2.35. The summed E-state index contributed by atoms with van der Waals surface area (Å²) in [6.45, 7) is 1.74. The average Bonchev–Trinajstić information content (AvgIpc) is 2.61. The second-order valence-electron chi connectivity index (χ2n) is 5.41. The third kappa shape index (κ3) is 3.17. The average molecular weight is 381 g/mol. The number of nitrogens with zero attached hydrogens (tertiary/aromatic N) is 2. The molecule has 0 radical (unpaired) electrons. The van der Waals surface area contributed by atoms with Crippen LogP contribution in [0.3, 0.4) is 0 Å². The minimum absolute atomic E-state index is 0.0237. The van der Waals surface area contributed by atoms with E-state index in [4.69, 9.17) is 23.2 Å². The SMILES string of the molecule is C[C@@H](c1ccccc1)n1c(-c2cccc(F)c2F)c(Cl)nc(Cl)c1=O. The van der Waals surface area contributed by atoms with Gasteiger partial charge in [-0.05, 0) is 24.6 Å². The van der Waals surface area contributed by atoms with Gasteiger partial charge < -0.3 is 0 Å². The molecule has 1 atom stereocenters. The van der Waals surface area contributed by atoms with Crippen LogP contribution in [-0.2, 0) is 0 Å². The number of aromatic nitrogens is 2. The van der Waals surface area contributed by atoms with Gasteiger partial charge in [0.25, 0.3) is 5.56 Å². The Morgan fingerprint density at radius 2 is 1.68 bits per heavy atom. The van der Waals surface area contributed by atoms with Gasteiger partial charge in [-0.2, -0.15) is 0 Å². The number of rotatable bonds is 3. The fraction of sp³-hybridized carbons (Fsp3) is 0.111. The first-order valence-electron chi connectivity index (χ1n) is 7.38. The van der Waals surface area contributed by atoms with Crippen molar-refractivity contribution in [3.63, 3.8) is 0 Å². The third-order valence-corrected chi connectivity index (χ3v) is 4.41. The van der Waals surface area contributed by atoms with E-state index < -0.39 is 23.2 Å². The van der Waals surface area contributed by atoms with Crippen LogP contribution in [0.5, 0.6) is 0 Å². The van der Waals surface area contributed by atoms with Crippen molar-refractivity contribution in [2.24, 2.45) is 0 Å². The molecule has 3 aromatic rings. The minimum Gasteiger partial charge on any atom is -0.295 e. The van der Waals surface area contributed by atoms with Crippen molar-refractivity contribution in [1.29, 1.82) is 0 Å². The molecule has 1 aromatic heterocycles. The zero-order valence-corrected chi connectivity index (χ0v) is 14.5. The maximum absolute atomic E-state index is 14.3. The Morgan fingerprint density at radius 3 is 2.36 bits per heavy atom. The van der Waals surface area contributed by atoms with E-state index in [2.05, 4.69) is 4.98 Å². The lowest BCUT2D eigenvalue weighted by Gasteiger charge is -2.21. The van der Waals surface area contributed by atoms with Gasteiger partial charge in [-0.3, -0.25) is 9.36 Å². The minimum atomic E-state index is -1.11. The number of hydrogen-bond acceptors (Lipinski definition) is 2. The van der Waals surface area contributed by atoms with Gasteiger partial charge in [-0.1, -0.05) is 59.6 Å². The summed E-state index contributed by atoms with van der Waals surface area (Å²) in [7, 11) is 0. The standard InChI is InChI=1S/C18H12Cl2F2N2O/c1-10(11-6-3-2-4-7-11)24-15(16(19)23-17(20)18(24)25)12-8-5-9-13(21)14(12)22/h2-10H,1H3/t10-/m0/s1. The van der Waals surface area contributed by atoms with E-state index in [1.165, 1.54) is 16.7 Å². The van der Waals surface area contributed by atoms with Gasteiger partial charge in [0.1, 0.15) is 0 Å². The molecule has 0 spiro atoms. The first-order valence-corrected chi connectivity index (χ1v) is 8.14. The molecule has 7 heteroatoms. The molecule has 0 saturated heterocycles. The molecule has 0 N–H and O–H groups in total. The summed E-state index contributed by atoms with van der Waals surface area (Å²) < 4.78 is 29.2. The molecule has 3 rings (SSSR count). The van der Waals surface area contributed by atoms with Crippen molar-refractivity contribution in [3.05, 3.63) is 86.4 Å². The first kappa shape index (κ1) is 17.6. The molecule has 0 aliphatic heterocycles. The van der Waals surface area contributed by atoms with Crippen LogP contribution in [0.2, 0.25) is 10.3 Å². The Hall–Kier alpha value is -2.24. The molecular weight excluding hydrogens is 369 g/mol. The maximum Gasteiger partial charge on any atom is 0.289 e. The van der Waals surface area contributed by atoms with Crippen LogP contribution in [0, 0.1) is 11.6 Å². The normalized spacial score (nSPS) is 12.2. The summed E-state index contributed by atoms with van der Waals surface area (Å²) in [5, 5.41) is -0.523. The van der Waals surface area contributed by atoms with Crippen molar-refractivity contribution in [2.45, 2.75) is 13.0 Å². The Morgan fingerprint density at radius 1 is 1.00 bits per heavy atom. The van der Waals surface area contributed by atoms with Gasteiger partial charge in [0, 0.05) is 5.56 Å². The van der Waals surface area contributed by atoms with Crippen LogP contribution < -0.4 is 5.56 Å². The van der Waals surface area contributed by atoms with Gasteiger partial charge in [0.15, 0.2) is 21.9 Å². The molecule has 0 fully saturated rings. The quantitative estimate of drug-likeness (QED) is 0.633. The highest BCUT2D eigenvalue weighted by Gasteiger charge is 2.24. The predicted octanol–water partition coefficient (Wildman–Crippen LogP) is 5.10. The van der Waals surface area contributed by atoms with E-state index in [-0.39, 0.29) is 21.6 Å². The number of halogens is 4. The summed E-state index contributed by atoms with van der Waals surface area (Å²) in [6.07, 6.45) is 0. The van der Waals surface area contributed by atoms with Crippen LogP contribution in [0.1, 0.15) is 18.5 Å². The molecule has 2 aromatic carbocycles. The van der Waals surface area contributed by atoms with E-state index in [0.717, 1.165) is 11.6 Å². The smallest absolute Gasteiger partial charge is 0.289 e. The van der Waals surface area contributed by atoms with Crippen molar-refractivity contribution >= 4 is 23.2 Å². The predicted molar refractivity (Wildman–Crippen MR) is 94.1 cm³/mol. The second kappa shape index (κ2) is 6.94. The number of hydrogen-bond donors (Lipinski definition) is 0. The van der Waals surface area contributed by atoms with Gasteiger partial charge in [-0.15, -0.1) is 0 Å². The monoisotopic (exact) mass is 380 g/mol. The van der Waals surface area contributed by atoms with E-state index in [0.29, 0.717) is 0 Å². The first-order chi connectivity index (χ1) is 11.9. The summed E-state index contributed by atoms with van der Waals surface area (Å²) in [6, 6.07) is 12.2. The molecule has 0 aliphatic rings. The molecular formula is C18H12Cl2F2N2O. The van der Waals surface area contributed by atoms with Crippen molar-refractivity contribution in [2.75, 3.05) is 0 Å². The van der Waals surface area contributed by atoms with Crippen LogP contribution in [0.25, 0.3) is 11.3 Å². The van der Waals surface area contributed by atoms with Crippen molar-refractivity contribution < 1.29 is 8.78 Å². The van der Waals surface area contributed by atoms with Gasteiger partial charge in [-0.25, -0.2) is 13.8 Å². The molecule has 0 amide bonds. The van der Waals surface area contributed by atoms with Crippen LogP contribution >= 0.6 is 23.2 Å². The van der Waals surface area contributed by atoms with Crippen LogP contribution in [0.4, 0.5) is 8.78 Å². The molecule has 0 unspecified atom stereocenters. The van der Waals surface area contributed by atoms with E-state index in [9.17, 15) is 13.6 Å². The lowest BCUT2D eigenvalue weighted by Crippen LogP contribution is -2.27. The molecule has 0 saturated carbocycles.